The molecule has 1 amide bonds. The Morgan fingerprint density at radius 1 is 1.26 bits per heavy atom. The smallest absolute Gasteiger partial charge is 0.251 e. The van der Waals surface area contributed by atoms with Crippen molar-refractivity contribution in [2.45, 2.75) is 19.3 Å². The van der Waals surface area contributed by atoms with Crippen molar-refractivity contribution in [2.24, 2.45) is 0 Å². The number of halogens is 1. The minimum absolute atomic E-state index is 0.0858. The predicted octanol–water partition coefficient (Wildman–Crippen LogP) is 3.06. The van der Waals surface area contributed by atoms with Crippen LogP contribution in [0.25, 0.3) is 0 Å². The van der Waals surface area contributed by atoms with Gasteiger partial charge in [-0.25, -0.2) is 0 Å². The summed E-state index contributed by atoms with van der Waals surface area (Å²) < 4.78 is 0. The summed E-state index contributed by atoms with van der Waals surface area (Å²) in [5, 5.41) is 2.89. The Balaban J connectivity index is 1.99. The second kappa shape index (κ2) is 6.34. The molecule has 0 atom stereocenters. The highest BCUT2D eigenvalue weighted by molar-refractivity contribution is 6.17. The number of nitrogens with one attached hydrogen (secondary N) is 1. The normalized spacial score (nSPS) is 10.2. The van der Waals surface area contributed by atoms with Crippen molar-refractivity contribution in [3.05, 3.63) is 65.0 Å². The highest BCUT2D eigenvalue weighted by Gasteiger charge is 2.05. The van der Waals surface area contributed by atoms with E-state index >= 15 is 0 Å². The molecule has 1 N–H and O–H groups in total. The lowest BCUT2D eigenvalue weighted by Gasteiger charge is -2.07. The second-order valence-electron chi connectivity index (χ2n) is 4.32. The van der Waals surface area contributed by atoms with Crippen LogP contribution < -0.4 is 5.32 Å². The number of rotatable bonds is 4. The van der Waals surface area contributed by atoms with Crippen LogP contribution in [-0.4, -0.2) is 10.9 Å². The van der Waals surface area contributed by atoms with Crippen molar-refractivity contribution in [1.29, 1.82) is 0 Å². The summed E-state index contributed by atoms with van der Waals surface area (Å²) in [4.78, 5) is 16.0. The highest BCUT2D eigenvalue weighted by atomic mass is 35.5. The second-order valence-corrected chi connectivity index (χ2v) is 4.58. The van der Waals surface area contributed by atoms with E-state index in [1.165, 1.54) is 0 Å². The van der Waals surface area contributed by atoms with Gasteiger partial charge in [0, 0.05) is 30.4 Å². The number of amides is 1. The zero-order chi connectivity index (χ0) is 13.7. The summed E-state index contributed by atoms with van der Waals surface area (Å²) in [6, 6.07) is 9.20. The molecule has 0 radical (unpaired) electrons. The maximum absolute atomic E-state index is 12.0. The molecule has 0 saturated carbocycles. The average Bonchev–Trinajstić information content (AvgIpc) is 2.46. The topological polar surface area (TPSA) is 42.0 Å². The van der Waals surface area contributed by atoms with Gasteiger partial charge in [-0.1, -0.05) is 12.1 Å². The molecule has 1 aromatic heterocycles. The van der Waals surface area contributed by atoms with Gasteiger partial charge in [-0.2, -0.15) is 0 Å². The van der Waals surface area contributed by atoms with E-state index in [0.717, 1.165) is 16.7 Å². The van der Waals surface area contributed by atoms with E-state index in [0.29, 0.717) is 18.0 Å². The van der Waals surface area contributed by atoms with E-state index in [4.69, 9.17) is 11.6 Å². The molecule has 0 aliphatic heterocycles. The Morgan fingerprint density at radius 2 is 2.00 bits per heavy atom. The number of benzene rings is 1. The number of carbonyl (C=O) groups is 1. The van der Waals surface area contributed by atoms with Gasteiger partial charge >= 0.3 is 0 Å². The van der Waals surface area contributed by atoms with E-state index in [9.17, 15) is 4.79 Å². The maximum atomic E-state index is 12.0. The number of hydrogen-bond acceptors (Lipinski definition) is 2. The van der Waals surface area contributed by atoms with Gasteiger partial charge < -0.3 is 5.32 Å². The molecule has 0 bridgehead atoms. The average molecular weight is 275 g/mol. The van der Waals surface area contributed by atoms with Crippen molar-refractivity contribution < 1.29 is 4.79 Å². The van der Waals surface area contributed by atoms with Crippen LogP contribution in [0.15, 0.2) is 42.7 Å². The maximum Gasteiger partial charge on any atom is 0.251 e. The van der Waals surface area contributed by atoms with Crippen LogP contribution in [0.4, 0.5) is 0 Å². The largest absolute Gasteiger partial charge is 0.348 e. The van der Waals surface area contributed by atoms with Crippen molar-refractivity contribution in [3.63, 3.8) is 0 Å². The molecule has 1 aromatic carbocycles. The van der Waals surface area contributed by atoms with Crippen molar-refractivity contribution in [1.82, 2.24) is 10.3 Å². The fourth-order valence-electron chi connectivity index (χ4n) is 1.72. The first-order chi connectivity index (χ1) is 9.20. The third-order valence-corrected chi connectivity index (χ3v) is 3.25. The van der Waals surface area contributed by atoms with E-state index in [-0.39, 0.29) is 5.91 Å². The van der Waals surface area contributed by atoms with Crippen LogP contribution in [0.1, 0.15) is 27.0 Å². The van der Waals surface area contributed by atoms with Crippen LogP contribution in [0.5, 0.6) is 0 Å². The number of aryl methyl sites for hydroxylation is 1. The molecular formula is C15H15ClN2O. The summed E-state index contributed by atoms with van der Waals surface area (Å²) in [5.41, 5.74) is 3.78. The van der Waals surface area contributed by atoms with Crippen LogP contribution in [0, 0.1) is 6.92 Å². The molecule has 1 heterocycles. The first kappa shape index (κ1) is 13.6. The van der Waals surface area contributed by atoms with E-state index < -0.39 is 0 Å². The lowest BCUT2D eigenvalue weighted by molar-refractivity contribution is 0.0951. The van der Waals surface area contributed by atoms with E-state index in [2.05, 4.69) is 10.3 Å². The minimum Gasteiger partial charge on any atom is -0.348 e. The van der Waals surface area contributed by atoms with Gasteiger partial charge in [-0.3, -0.25) is 9.78 Å². The van der Waals surface area contributed by atoms with E-state index in [1.54, 1.807) is 24.5 Å². The van der Waals surface area contributed by atoms with Gasteiger partial charge in [-0.15, -0.1) is 11.6 Å². The molecule has 19 heavy (non-hydrogen) atoms. The summed E-state index contributed by atoms with van der Waals surface area (Å²) in [6.45, 7) is 2.48. The molecule has 0 aliphatic carbocycles. The van der Waals surface area contributed by atoms with Crippen LogP contribution >= 0.6 is 11.6 Å². The van der Waals surface area contributed by atoms with Crippen molar-refractivity contribution >= 4 is 17.5 Å². The van der Waals surface area contributed by atoms with Gasteiger partial charge in [0.25, 0.3) is 5.91 Å². The molecule has 0 fully saturated rings. The van der Waals surface area contributed by atoms with Gasteiger partial charge in [-0.05, 0) is 41.8 Å². The molecule has 0 saturated heterocycles. The fourth-order valence-corrected chi connectivity index (χ4v) is 1.90. The molecular weight excluding hydrogens is 260 g/mol. The summed E-state index contributed by atoms with van der Waals surface area (Å²) in [6.07, 6.45) is 3.51. The zero-order valence-electron chi connectivity index (χ0n) is 10.7. The van der Waals surface area contributed by atoms with Gasteiger partial charge in [0.2, 0.25) is 0 Å². The highest BCUT2D eigenvalue weighted by Crippen LogP contribution is 2.08. The molecule has 0 unspecified atom stereocenters. The number of nitrogens with zero attached hydrogens (tertiary/aromatic N) is 1. The first-order valence-corrected chi connectivity index (χ1v) is 6.57. The van der Waals surface area contributed by atoms with Crippen LogP contribution in [-0.2, 0) is 12.4 Å². The lowest BCUT2D eigenvalue weighted by Crippen LogP contribution is -2.23. The number of aromatic nitrogens is 1. The molecule has 4 heteroatoms. The van der Waals surface area contributed by atoms with Gasteiger partial charge in [0.05, 0.1) is 0 Å². The summed E-state index contributed by atoms with van der Waals surface area (Å²) in [7, 11) is 0. The monoisotopic (exact) mass is 274 g/mol. The number of alkyl halides is 1. The zero-order valence-corrected chi connectivity index (χ0v) is 11.4. The minimum atomic E-state index is -0.0858. The number of carbonyl (C=O) groups excluding carboxylic acids is 1. The quantitative estimate of drug-likeness (QED) is 0.871. The molecule has 2 aromatic rings. The third-order valence-electron chi connectivity index (χ3n) is 2.95. The summed E-state index contributed by atoms with van der Waals surface area (Å²) in [5.74, 6) is 0.371. The Labute approximate surface area is 117 Å². The predicted molar refractivity (Wildman–Crippen MR) is 76.1 cm³/mol. The summed E-state index contributed by atoms with van der Waals surface area (Å²) >= 11 is 5.71. The Hall–Kier alpha value is -1.87. The van der Waals surface area contributed by atoms with Gasteiger partial charge in [0.1, 0.15) is 0 Å². The Bertz CT molecular complexity index is 567. The number of pyridine rings is 1. The lowest BCUT2D eigenvalue weighted by atomic mass is 10.1. The molecule has 2 rings (SSSR count). The molecule has 0 aliphatic rings. The van der Waals surface area contributed by atoms with E-state index in [1.807, 2.05) is 25.1 Å². The van der Waals surface area contributed by atoms with Crippen LogP contribution in [0.3, 0.4) is 0 Å². The molecule has 98 valence electrons. The molecule has 3 nitrogen and oxygen atoms in total. The van der Waals surface area contributed by atoms with Crippen LogP contribution in [0.2, 0.25) is 0 Å². The first-order valence-electron chi connectivity index (χ1n) is 6.03. The van der Waals surface area contributed by atoms with Crippen molar-refractivity contribution in [3.8, 4) is 0 Å². The van der Waals surface area contributed by atoms with Crippen molar-refractivity contribution in [2.75, 3.05) is 0 Å². The Morgan fingerprint density at radius 3 is 2.63 bits per heavy atom. The molecule has 0 spiro atoms. The van der Waals surface area contributed by atoms with Gasteiger partial charge in [0.15, 0.2) is 0 Å². The SMILES string of the molecule is Cc1cnccc1CNC(=O)c1ccc(CCl)cc1. The Kier molecular flexibility index (Phi) is 4.53. The standard InChI is InChI=1S/C15H15ClN2O/c1-11-9-17-7-6-14(11)10-18-15(19)13-4-2-12(8-16)3-5-13/h2-7,9H,8,10H2,1H3,(H,18,19). The fraction of sp³-hybridized carbons (Fsp3) is 0.200. The number of hydrogen-bond donors (Lipinski definition) is 1. The third kappa shape index (κ3) is 3.55.